The van der Waals surface area contributed by atoms with E-state index in [0.717, 1.165) is 25.3 Å². The fourth-order valence-electron chi connectivity index (χ4n) is 2.01. The topological polar surface area (TPSA) is 66.4 Å². The van der Waals surface area contributed by atoms with E-state index in [0.29, 0.717) is 12.1 Å². The quantitative estimate of drug-likeness (QED) is 0.838. The number of sulfonamides is 1. The van der Waals surface area contributed by atoms with E-state index >= 15 is 0 Å². The molecule has 0 unspecified atom stereocenters. The fraction of sp³-hybridized carbons (Fsp3) is 0.538. The Labute approximate surface area is 112 Å². The van der Waals surface area contributed by atoms with Crippen LogP contribution >= 0.6 is 0 Å². The van der Waals surface area contributed by atoms with E-state index in [4.69, 9.17) is 5.11 Å². The molecule has 1 saturated carbocycles. The predicted octanol–water partition coefficient (Wildman–Crippen LogP) is 1.79. The third kappa shape index (κ3) is 3.13. The molecule has 6 heteroatoms. The molecule has 2 N–H and O–H groups in total. The number of hydrogen-bond acceptors (Lipinski definition) is 3. The largest absolute Gasteiger partial charge is 0.392 e. The molecule has 0 atom stereocenters. The van der Waals surface area contributed by atoms with Crippen molar-refractivity contribution in [2.24, 2.45) is 5.41 Å². The van der Waals surface area contributed by atoms with Gasteiger partial charge in [0.05, 0.1) is 6.61 Å². The number of halogens is 1. The lowest BCUT2D eigenvalue weighted by Crippen LogP contribution is -2.30. The van der Waals surface area contributed by atoms with Gasteiger partial charge in [0.2, 0.25) is 10.0 Å². The van der Waals surface area contributed by atoms with Crippen LogP contribution in [0.25, 0.3) is 0 Å². The zero-order valence-electron chi connectivity index (χ0n) is 10.8. The zero-order chi connectivity index (χ0) is 14.1. The lowest BCUT2D eigenvalue weighted by Gasteiger charge is -2.14. The van der Waals surface area contributed by atoms with E-state index < -0.39 is 20.7 Å². The van der Waals surface area contributed by atoms with E-state index in [9.17, 15) is 12.8 Å². The van der Waals surface area contributed by atoms with Crippen LogP contribution in [0, 0.1) is 11.2 Å². The minimum absolute atomic E-state index is 0.0537. The van der Waals surface area contributed by atoms with Crippen molar-refractivity contribution in [3.8, 4) is 0 Å². The Morgan fingerprint density at radius 3 is 2.63 bits per heavy atom. The van der Waals surface area contributed by atoms with Gasteiger partial charge in [-0.3, -0.25) is 0 Å². The Balaban J connectivity index is 2.19. The van der Waals surface area contributed by atoms with Crippen molar-refractivity contribution in [1.29, 1.82) is 0 Å². The Hall–Kier alpha value is -0.980. The molecule has 0 aliphatic heterocycles. The highest BCUT2D eigenvalue weighted by molar-refractivity contribution is 7.89. The first kappa shape index (κ1) is 14.4. The SMILES string of the molecule is CCC1(CNS(=O)(=O)c2cc(CO)ccc2F)CC1. The maximum Gasteiger partial charge on any atom is 0.243 e. The summed E-state index contributed by atoms with van der Waals surface area (Å²) in [6.07, 6.45) is 2.92. The highest BCUT2D eigenvalue weighted by Gasteiger charge is 2.41. The standard InChI is InChI=1S/C13H18FNO3S/c1-2-13(5-6-13)9-15-19(17,18)12-7-10(8-16)3-4-11(12)14/h3-4,7,15-16H,2,5-6,8-9H2,1H3. The van der Waals surface area contributed by atoms with Crippen molar-refractivity contribution in [3.63, 3.8) is 0 Å². The minimum Gasteiger partial charge on any atom is -0.392 e. The second-order valence-corrected chi connectivity index (χ2v) is 6.84. The summed E-state index contributed by atoms with van der Waals surface area (Å²) < 4.78 is 40.2. The van der Waals surface area contributed by atoms with Crippen molar-refractivity contribution in [3.05, 3.63) is 29.6 Å². The monoisotopic (exact) mass is 287 g/mol. The summed E-state index contributed by atoms with van der Waals surface area (Å²) in [5, 5.41) is 8.99. The third-order valence-electron chi connectivity index (χ3n) is 3.81. The van der Waals surface area contributed by atoms with Crippen molar-refractivity contribution in [1.82, 2.24) is 4.72 Å². The molecule has 1 aliphatic carbocycles. The molecule has 1 aliphatic rings. The number of benzene rings is 1. The van der Waals surface area contributed by atoms with Crippen LogP contribution in [0.3, 0.4) is 0 Å². The molecule has 0 amide bonds. The summed E-state index contributed by atoms with van der Waals surface area (Å²) >= 11 is 0. The summed E-state index contributed by atoms with van der Waals surface area (Å²) in [5.41, 5.74) is 0.427. The summed E-state index contributed by atoms with van der Waals surface area (Å²) in [5.74, 6) is -0.800. The van der Waals surface area contributed by atoms with E-state index in [1.165, 1.54) is 12.1 Å². The summed E-state index contributed by atoms with van der Waals surface area (Å²) in [4.78, 5) is -0.397. The van der Waals surface area contributed by atoms with E-state index in [1.807, 2.05) is 6.92 Å². The Bertz CT molecular complexity index is 567. The smallest absolute Gasteiger partial charge is 0.243 e. The average Bonchev–Trinajstić information content (AvgIpc) is 3.18. The highest BCUT2D eigenvalue weighted by Crippen LogP contribution is 2.48. The van der Waals surface area contributed by atoms with Crippen LogP contribution in [-0.4, -0.2) is 20.1 Å². The van der Waals surface area contributed by atoms with Crippen LogP contribution in [0.15, 0.2) is 23.1 Å². The molecule has 0 aromatic heterocycles. The number of aliphatic hydroxyl groups excluding tert-OH is 1. The molecule has 19 heavy (non-hydrogen) atoms. The molecule has 1 aromatic rings. The van der Waals surface area contributed by atoms with Gasteiger partial charge in [0, 0.05) is 6.54 Å². The molecule has 0 heterocycles. The second kappa shape index (κ2) is 5.19. The van der Waals surface area contributed by atoms with Crippen molar-refractivity contribution >= 4 is 10.0 Å². The molecule has 0 spiro atoms. The molecule has 4 nitrogen and oxygen atoms in total. The lowest BCUT2D eigenvalue weighted by molar-refractivity contribution is 0.281. The Kier molecular flexibility index (Phi) is 3.94. The van der Waals surface area contributed by atoms with Gasteiger partial charge in [0.25, 0.3) is 0 Å². The summed E-state index contributed by atoms with van der Waals surface area (Å²) in [7, 11) is -3.86. The van der Waals surface area contributed by atoms with Gasteiger partial charge >= 0.3 is 0 Å². The second-order valence-electron chi connectivity index (χ2n) is 5.10. The van der Waals surface area contributed by atoms with Crippen LogP contribution in [0.1, 0.15) is 31.7 Å². The minimum atomic E-state index is -3.86. The zero-order valence-corrected chi connectivity index (χ0v) is 11.6. The first-order valence-corrected chi connectivity index (χ1v) is 7.80. The first-order chi connectivity index (χ1) is 8.92. The number of nitrogens with one attached hydrogen (secondary N) is 1. The third-order valence-corrected chi connectivity index (χ3v) is 5.23. The van der Waals surface area contributed by atoms with E-state index in [-0.39, 0.29) is 12.0 Å². The van der Waals surface area contributed by atoms with Gasteiger partial charge in [-0.25, -0.2) is 17.5 Å². The van der Waals surface area contributed by atoms with Crippen LogP contribution in [0.2, 0.25) is 0 Å². The van der Waals surface area contributed by atoms with Gasteiger partial charge in [-0.05, 0) is 42.4 Å². The molecule has 106 valence electrons. The Morgan fingerprint density at radius 2 is 2.11 bits per heavy atom. The van der Waals surface area contributed by atoms with Gasteiger partial charge in [-0.15, -0.1) is 0 Å². The first-order valence-electron chi connectivity index (χ1n) is 6.31. The Morgan fingerprint density at radius 1 is 1.42 bits per heavy atom. The van der Waals surface area contributed by atoms with E-state index in [1.54, 1.807) is 0 Å². The number of hydrogen-bond donors (Lipinski definition) is 2. The summed E-state index contributed by atoms with van der Waals surface area (Å²) in [6.45, 7) is 2.05. The predicted molar refractivity (Wildman–Crippen MR) is 69.5 cm³/mol. The fourth-order valence-corrected chi connectivity index (χ4v) is 3.29. The molecule has 1 aromatic carbocycles. The van der Waals surface area contributed by atoms with Crippen LogP contribution in [0.5, 0.6) is 0 Å². The average molecular weight is 287 g/mol. The molecule has 0 saturated heterocycles. The highest BCUT2D eigenvalue weighted by atomic mass is 32.2. The van der Waals surface area contributed by atoms with Crippen LogP contribution < -0.4 is 4.72 Å². The molecule has 0 radical (unpaired) electrons. The van der Waals surface area contributed by atoms with Gasteiger partial charge in [0.1, 0.15) is 10.7 Å². The molecular formula is C13H18FNO3S. The number of rotatable bonds is 6. The number of aliphatic hydroxyl groups is 1. The molecule has 2 rings (SSSR count). The maximum atomic E-state index is 13.6. The molecular weight excluding hydrogens is 269 g/mol. The van der Waals surface area contributed by atoms with E-state index in [2.05, 4.69) is 4.72 Å². The van der Waals surface area contributed by atoms with Crippen molar-refractivity contribution in [2.75, 3.05) is 6.54 Å². The van der Waals surface area contributed by atoms with Crippen molar-refractivity contribution in [2.45, 2.75) is 37.7 Å². The maximum absolute atomic E-state index is 13.6. The lowest BCUT2D eigenvalue weighted by atomic mass is 10.1. The molecule has 1 fully saturated rings. The van der Waals surface area contributed by atoms with Crippen LogP contribution in [-0.2, 0) is 16.6 Å². The summed E-state index contributed by atoms with van der Waals surface area (Å²) in [6, 6.07) is 3.60. The van der Waals surface area contributed by atoms with Crippen molar-refractivity contribution < 1.29 is 17.9 Å². The van der Waals surface area contributed by atoms with Gasteiger partial charge in [-0.1, -0.05) is 13.0 Å². The van der Waals surface area contributed by atoms with Gasteiger partial charge in [-0.2, -0.15) is 0 Å². The van der Waals surface area contributed by atoms with Crippen LogP contribution in [0.4, 0.5) is 4.39 Å². The molecule has 0 bridgehead atoms. The normalized spacial score (nSPS) is 17.4. The van der Waals surface area contributed by atoms with Gasteiger partial charge < -0.3 is 5.11 Å². The van der Waals surface area contributed by atoms with Gasteiger partial charge in [0.15, 0.2) is 0 Å².